The molecule has 26 heavy (non-hydrogen) atoms. The van der Waals surface area contributed by atoms with Gasteiger partial charge in [0.05, 0.1) is 12.7 Å². The standard InChI is InChI=1S/C17H14F3NO5/c1-25-13-5-2-11(3-6-13)14(22)10-26-16(24)9-21-8-12(17(18,19)20)4-7-15(21)23/h2-8H,9-10H2,1H3. The van der Waals surface area contributed by atoms with Crippen LogP contribution in [0.25, 0.3) is 0 Å². The van der Waals surface area contributed by atoms with Gasteiger partial charge in [0.1, 0.15) is 12.3 Å². The topological polar surface area (TPSA) is 74.6 Å². The minimum Gasteiger partial charge on any atom is -0.497 e. The number of esters is 1. The number of ether oxygens (including phenoxy) is 2. The summed E-state index contributed by atoms with van der Waals surface area (Å²) in [5.74, 6) is -0.965. The lowest BCUT2D eigenvalue weighted by Crippen LogP contribution is -2.27. The molecule has 6 nitrogen and oxygen atoms in total. The Balaban J connectivity index is 1.98. The first-order chi connectivity index (χ1) is 12.2. The number of carbonyl (C=O) groups excluding carboxylic acids is 2. The van der Waals surface area contributed by atoms with Crippen molar-refractivity contribution in [1.29, 1.82) is 0 Å². The van der Waals surface area contributed by atoms with Gasteiger partial charge in [-0.15, -0.1) is 0 Å². The van der Waals surface area contributed by atoms with Crippen molar-refractivity contribution in [2.45, 2.75) is 12.7 Å². The maximum atomic E-state index is 12.6. The highest BCUT2D eigenvalue weighted by Gasteiger charge is 2.31. The number of carbonyl (C=O) groups is 2. The lowest BCUT2D eigenvalue weighted by molar-refractivity contribution is -0.144. The molecule has 0 aliphatic heterocycles. The molecule has 2 aromatic rings. The average molecular weight is 369 g/mol. The average Bonchev–Trinajstić information content (AvgIpc) is 2.60. The van der Waals surface area contributed by atoms with Crippen LogP contribution in [0.5, 0.6) is 5.75 Å². The third kappa shape index (κ3) is 4.95. The molecule has 138 valence electrons. The molecule has 0 atom stereocenters. The van der Waals surface area contributed by atoms with Crippen molar-refractivity contribution in [3.63, 3.8) is 0 Å². The first-order valence-electron chi connectivity index (χ1n) is 7.31. The Morgan fingerprint density at radius 1 is 1.08 bits per heavy atom. The van der Waals surface area contributed by atoms with E-state index in [1.54, 1.807) is 12.1 Å². The summed E-state index contributed by atoms with van der Waals surface area (Å²) in [7, 11) is 1.47. The molecule has 2 rings (SSSR count). The van der Waals surface area contributed by atoms with Crippen molar-refractivity contribution < 1.29 is 32.2 Å². The van der Waals surface area contributed by atoms with Crippen LogP contribution in [-0.4, -0.2) is 30.0 Å². The zero-order chi connectivity index (χ0) is 19.3. The highest BCUT2D eigenvalue weighted by atomic mass is 19.4. The smallest absolute Gasteiger partial charge is 0.417 e. The minimum absolute atomic E-state index is 0.273. The number of ketones is 1. The first kappa shape index (κ1) is 19.2. The molecular weight excluding hydrogens is 355 g/mol. The van der Waals surface area contributed by atoms with Crippen LogP contribution in [0.1, 0.15) is 15.9 Å². The Morgan fingerprint density at radius 3 is 2.31 bits per heavy atom. The van der Waals surface area contributed by atoms with E-state index in [4.69, 9.17) is 9.47 Å². The van der Waals surface area contributed by atoms with Gasteiger partial charge in [0.15, 0.2) is 12.4 Å². The molecule has 0 bridgehead atoms. The van der Waals surface area contributed by atoms with E-state index in [0.29, 0.717) is 28.6 Å². The molecule has 1 aromatic heterocycles. The monoisotopic (exact) mass is 369 g/mol. The molecule has 0 fully saturated rings. The summed E-state index contributed by atoms with van der Waals surface area (Å²) in [6.45, 7) is -1.34. The first-order valence-corrected chi connectivity index (χ1v) is 7.31. The van der Waals surface area contributed by atoms with E-state index in [1.807, 2.05) is 0 Å². The minimum atomic E-state index is -4.65. The van der Waals surface area contributed by atoms with Crippen LogP contribution < -0.4 is 10.3 Å². The summed E-state index contributed by atoms with van der Waals surface area (Å²) in [5, 5.41) is 0. The molecular formula is C17H14F3NO5. The molecule has 1 aromatic carbocycles. The van der Waals surface area contributed by atoms with Gasteiger partial charge in [-0.3, -0.25) is 14.4 Å². The number of halogens is 3. The van der Waals surface area contributed by atoms with Crippen molar-refractivity contribution in [3.8, 4) is 5.75 Å². The van der Waals surface area contributed by atoms with Gasteiger partial charge in [-0.25, -0.2) is 0 Å². The van der Waals surface area contributed by atoms with E-state index in [-0.39, 0.29) is 5.56 Å². The number of aromatic nitrogens is 1. The second kappa shape index (κ2) is 7.85. The lowest BCUT2D eigenvalue weighted by atomic mass is 10.1. The van der Waals surface area contributed by atoms with E-state index in [1.165, 1.54) is 19.2 Å². The van der Waals surface area contributed by atoms with Gasteiger partial charge < -0.3 is 14.0 Å². The maximum Gasteiger partial charge on any atom is 0.417 e. The number of methoxy groups -OCH3 is 1. The lowest BCUT2D eigenvalue weighted by Gasteiger charge is -2.10. The zero-order valence-electron chi connectivity index (χ0n) is 13.6. The fraction of sp³-hybridized carbons (Fsp3) is 0.235. The number of hydrogen-bond donors (Lipinski definition) is 0. The second-order valence-corrected chi connectivity index (χ2v) is 5.19. The van der Waals surface area contributed by atoms with E-state index in [2.05, 4.69) is 0 Å². The summed E-state index contributed by atoms with van der Waals surface area (Å²) in [5.41, 5.74) is -1.59. The number of hydrogen-bond acceptors (Lipinski definition) is 5. The maximum absolute atomic E-state index is 12.6. The third-order valence-electron chi connectivity index (χ3n) is 3.39. The van der Waals surface area contributed by atoms with Crippen LogP contribution in [-0.2, 0) is 22.3 Å². The molecule has 0 saturated heterocycles. The van der Waals surface area contributed by atoms with Gasteiger partial charge in [-0.2, -0.15) is 13.2 Å². The number of Topliss-reactive ketones (excluding diaryl/α,β-unsaturated/α-hetero) is 1. The summed E-state index contributed by atoms with van der Waals surface area (Å²) in [4.78, 5) is 35.2. The fourth-order valence-corrected chi connectivity index (χ4v) is 2.01. The predicted octanol–water partition coefficient (Wildman–Crippen LogP) is 2.30. The SMILES string of the molecule is COc1ccc(C(=O)COC(=O)Cn2cc(C(F)(F)F)ccc2=O)cc1. The largest absolute Gasteiger partial charge is 0.497 e. The number of nitrogens with zero attached hydrogens (tertiary/aromatic N) is 1. The van der Waals surface area contributed by atoms with E-state index in [0.717, 1.165) is 0 Å². The second-order valence-electron chi connectivity index (χ2n) is 5.19. The van der Waals surface area contributed by atoms with Crippen molar-refractivity contribution in [3.05, 3.63) is 64.1 Å². The predicted molar refractivity (Wildman–Crippen MR) is 84.0 cm³/mol. The fourth-order valence-electron chi connectivity index (χ4n) is 2.01. The highest BCUT2D eigenvalue weighted by Crippen LogP contribution is 2.27. The number of rotatable bonds is 6. The zero-order valence-corrected chi connectivity index (χ0v) is 13.6. The van der Waals surface area contributed by atoms with Crippen LogP contribution in [0.15, 0.2) is 47.4 Å². The van der Waals surface area contributed by atoms with Gasteiger partial charge in [0.25, 0.3) is 5.56 Å². The number of alkyl halides is 3. The van der Waals surface area contributed by atoms with Crippen LogP contribution in [0.3, 0.4) is 0 Å². The van der Waals surface area contributed by atoms with Gasteiger partial charge >= 0.3 is 12.1 Å². The molecule has 0 spiro atoms. The Morgan fingerprint density at radius 2 is 1.73 bits per heavy atom. The van der Waals surface area contributed by atoms with Crippen molar-refractivity contribution in [2.24, 2.45) is 0 Å². The van der Waals surface area contributed by atoms with Crippen molar-refractivity contribution in [1.82, 2.24) is 4.57 Å². The van der Waals surface area contributed by atoms with Crippen molar-refractivity contribution >= 4 is 11.8 Å². The summed E-state index contributed by atoms with van der Waals surface area (Å²) < 4.78 is 48.2. The Labute approximate surface area is 145 Å². The quantitative estimate of drug-likeness (QED) is 0.577. The van der Waals surface area contributed by atoms with Gasteiger partial charge in [-0.1, -0.05) is 0 Å². The highest BCUT2D eigenvalue weighted by molar-refractivity contribution is 5.98. The van der Waals surface area contributed by atoms with E-state index < -0.39 is 42.2 Å². The van der Waals surface area contributed by atoms with Gasteiger partial charge in [0, 0.05) is 17.8 Å². The molecule has 0 aliphatic carbocycles. The normalized spacial score (nSPS) is 11.1. The van der Waals surface area contributed by atoms with Gasteiger partial charge in [-0.05, 0) is 30.3 Å². The van der Waals surface area contributed by atoms with E-state index in [9.17, 15) is 27.6 Å². The Kier molecular flexibility index (Phi) is 5.81. The van der Waals surface area contributed by atoms with Gasteiger partial charge in [0.2, 0.25) is 0 Å². The van der Waals surface area contributed by atoms with E-state index >= 15 is 0 Å². The van der Waals surface area contributed by atoms with Crippen molar-refractivity contribution in [2.75, 3.05) is 13.7 Å². The van der Waals surface area contributed by atoms with Crippen LogP contribution in [0, 0.1) is 0 Å². The Hall–Kier alpha value is -3.10. The Bertz CT molecular complexity index is 856. The molecule has 0 unspecified atom stereocenters. The molecule has 0 amide bonds. The molecule has 1 heterocycles. The summed E-state index contributed by atoms with van der Waals surface area (Å²) >= 11 is 0. The van der Waals surface area contributed by atoms with Crippen LogP contribution in [0.2, 0.25) is 0 Å². The molecule has 0 saturated carbocycles. The molecule has 0 radical (unpaired) electrons. The summed E-state index contributed by atoms with van der Waals surface area (Å²) in [6, 6.07) is 7.39. The molecule has 0 N–H and O–H groups in total. The molecule has 9 heteroatoms. The molecule has 0 aliphatic rings. The number of benzene rings is 1. The summed E-state index contributed by atoms with van der Waals surface area (Å²) in [6.07, 6.45) is -4.13. The number of pyridine rings is 1. The van der Waals surface area contributed by atoms with Crippen LogP contribution >= 0.6 is 0 Å². The third-order valence-corrected chi connectivity index (χ3v) is 3.39. The van der Waals surface area contributed by atoms with Crippen LogP contribution in [0.4, 0.5) is 13.2 Å².